The molecular weight excluding hydrogens is 440 g/mol. The number of hydrogen-bond donors (Lipinski definition) is 2. The SMILES string of the molecule is COC(=O)/C(=C/c1ccc(OC)c(CNC(=O)OC(C)(C)C)c1)NC(=O)OCc1ccccc1. The van der Waals surface area contributed by atoms with E-state index in [-0.39, 0.29) is 18.8 Å². The molecule has 2 amide bonds. The highest BCUT2D eigenvalue weighted by atomic mass is 16.6. The molecule has 9 heteroatoms. The molecule has 0 spiro atoms. The smallest absolute Gasteiger partial charge is 0.412 e. The summed E-state index contributed by atoms with van der Waals surface area (Å²) in [6.07, 6.45) is 0.0564. The summed E-state index contributed by atoms with van der Waals surface area (Å²) in [4.78, 5) is 36.5. The van der Waals surface area contributed by atoms with Crippen LogP contribution in [0.1, 0.15) is 37.5 Å². The third-order valence-electron chi connectivity index (χ3n) is 4.29. The van der Waals surface area contributed by atoms with Gasteiger partial charge < -0.3 is 24.3 Å². The van der Waals surface area contributed by atoms with Crippen molar-refractivity contribution in [2.24, 2.45) is 0 Å². The highest BCUT2D eigenvalue weighted by Gasteiger charge is 2.17. The quantitative estimate of drug-likeness (QED) is 0.338. The van der Waals surface area contributed by atoms with Gasteiger partial charge in [-0.1, -0.05) is 36.4 Å². The van der Waals surface area contributed by atoms with Crippen molar-refractivity contribution in [2.45, 2.75) is 39.5 Å². The second-order valence-electron chi connectivity index (χ2n) is 8.16. The van der Waals surface area contributed by atoms with E-state index in [0.29, 0.717) is 16.9 Å². The van der Waals surface area contributed by atoms with Crippen molar-refractivity contribution in [2.75, 3.05) is 14.2 Å². The van der Waals surface area contributed by atoms with Crippen LogP contribution in [-0.2, 0) is 32.2 Å². The first kappa shape index (κ1) is 26.2. The van der Waals surface area contributed by atoms with Crippen molar-refractivity contribution < 1.29 is 33.3 Å². The minimum absolute atomic E-state index is 0.0458. The monoisotopic (exact) mass is 470 g/mol. The lowest BCUT2D eigenvalue weighted by atomic mass is 10.1. The minimum atomic E-state index is -0.805. The molecule has 0 heterocycles. The predicted octanol–water partition coefficient (Wildman–Crippen LogP) is 4.16. The number of esters is 1. The van der Waals surface area contributed by atoms with Gasteiger partial charge in [-0.15, -0.1) is 0 Å². The van der Waals surface area contributed by atoms with E-state index < -0.39 is 23.8 Å². The van der Waals surface area contributed by atoms with Crippen LogP contribution in [0.5, 0.6) is 5.75 Å². The first-order chi connectivity index (χ1) is 16.1. The number of benzene rings is 2. The van der Waals surface area contributed by atoms with Crippen LogP contribution in [0.4, 0.5) is 9.59 Å². The maximum absolute atomic E-state index is 12.2. The minimum Gasteiger partial charge on any atom is -0.496 e. The summed E-state index contributed by atoms with van der Waals surface area (Å²) in [5, 5.41) is 5.08. The predicted molar refractivity (Wildman–Crippen MR) is 126 cm³/mol. The van der Waals surface area contributed by atoms with Crippen molar-refractivity contribution in [3.8, 4) is 5.75 Å². The Morgan fingerprint density at radius 2 is 1.68 bits per heavy atom. The standard InChI is InChI=1S/C25H30N2O7/c1-25(2,3)34-23(29)26-15-19-13-18(11-12-21(19)31-4)14-20(22(28)32-5)27-24(30)33-16-17-9-7-6-8-10-17/h6-14H,15-16H2,1-5H3,(H,26,29)(H,27,30)/b20-14-. The summed E-state index contributed by atoms with van der Waals surface area (Å²) >= 11 is 0. The Kier molecular flexibility index (Phi) is 9.49. The van der Waals surface area contributed by atoms with Crippen LogP contribution in [0.3, 0.4) is 0 Å². The molecule has 0 atom stereocenters. The molecule has 2 aromatic carbocycles. The van der Waals surface area contributed by atoms with Gasteiger partial charge >= 0.3 is 18.2 Å². The van der Waals surface area contributed by atoms with E-state index >= 15 is 0 Å². The Morgan fingerprint density at radius 1 is 0.971 bits per heavy atom. The van der Waals surface area contributed by atoms with E-state index in [9.17, 15) is 14.4 Å². The number of amides is 2. The molecule has 2 rings (SSSR count). The maximum Gasteiger partial charge on any atom is 0.412 e. The average molecular weight is 471 g/mol. The molecule has 0 aromatic heterocycles. The van der Waals surface area contributed by atoms with Gasteiger partial charge in [0.05, 0.1) is 14.2 Å². The summed E-state index contributed by atoms with van der Waals surface area (Å²) in [6, 6.07) is 14.2. The highest BCUT2D eigenvalue weighted by molar-refractivity contribution is 5.96. The Bertz CT molecular complexity index is 1030. The lowest BCUT2D eigenvalue weighted by Gasteiger charge is -2.20. The normalized spacial score (nSPS) is 11.3. The van der Waals surface area contributed by atoms with E-state index in [2.05, 4.69) is 10.6 Å². The number of hydrogen-bond acceptors (Lipinski definition) is 7. The van der Waals surface area contributed by atoms with E-state index in [1.54, 1.807) is 39.0 Å². The Hall–Kier alpha value is -4.01. The van der Waals surface area contributed by atoms with Crippen LogP contribution >= 0.6 is 0 Å². The van der Waals surface area contributed by atoms with Gasteiger partial charge in [0.2, 0.25) is 0 Å². The molecule has 0 radical (unpaired) electrons. The van der Waals surface area contributed by atoms with E-state index in [0.717, 1.165) is 5.56 Å². The molecule has 0 aliphatic rings. The van der Waals surface area contributed by atoms with Gasteiger partial charge in [0, 0.05) is 12.1 Å². The zero-order chi connectivity index (χ0) is 25.1. The van der Waals surface area contributed by atoms with Gasteiger partial charge in [-0.25, -0.2) is 14.4 Å². The number of carbonyl (C=O) groups is 3. The lowest BCUT2D eigenvalue weighted by Crippen LogP contribution is -2.32. The van der Waals surface area contributed by atoms with Crippen molar-refractivity contribution in [3.05, 3.63) is 70.9 Å². The fraction of sp³-hybridized carbons (Fsp3) is 0.320. The van der Waals surface area contributed by atoms with Gasteiger partial charge in [-0.3, -0.25) is 5.32 Å². The molecule has 0 fully saturated rings. The van der Waals surface area contributed by atoms with E-state index in [1.165, 1.54) is 20.3 Å². The maximum atomic E-state index is 12.2. The van der Waals surface area contributed by atoms with Crippen LogP contribution in [0, 0.1) is 0 Å². The van der Waals surface area contributed by atoms with Crippen LogP contribution in [0.2, 0.25) is 0 Å². The average Bonchev–Trinajstić information content (AvgIpc) is 2.80. The van der Waals surface area contributed by atoms with Gasteiger partial charge in [0.1, 0.15) is 23.7 Å². The Labute approximate surface area is 199 Å². The summed E-state index contributed by atoms with van der Waals surface area (Å²) in [7, 11) is 2.71. The third-order valence-corrected chi connectivity index (χ3v) is 4.29. The van der Waals surface area contributed by atoms with Crippen molar-refractivity contribution in [3.63, 3.8) is 0 Å². The molecule has 2 aromatic rings. The largest absolute Gasteiger partial charge is 0.496 e. The third kappa shape index (κ3) is 8.85. The fourth-order valence-corrected chi connectivity index (χ4v) is 2.80. The fourth-order valence-electron chi connectivity index (χ4n) is 2.80. The number of methoxy groups -OCH3 is 2. The van der Waals surface area contributed by atoms with Crippen molar-refractivity contribution >= 4 is 24.2 Å². The number of rotatable bonds is 8. The number of ether oxygens (including phenoxy) is 4. The summed E-state index contributed by atoms with van der Waals surface area (Å²) in [5.74, 6) is -0.219. The van der Waals surface area contributed by atoms with Crippen LogP contribution in [0.25, 0.3) is 6.08 Å². The topological polar surface area (TPSA) is 112 Å². The second kappa shape index (κ2) is 12.3. The van der Waals surface area contributed by atoms with Crippen LogP contribution in [0.15, 0.2) is 54.2 Å². The van der Waals surface area contributed by atoms with E-state index in [1.807, 2.05) is 30.3 Å². The molecule has 0 bridgehead atoms. The summed E-state index contributed by atoms with van der Waals surface area (Å²) in [5.41, 5.74) is 1.26. The molecule has 0 saturated heterocycles. The Balaban J connectivity index is 2.15. The van der Waals surface area contributed by atoms with Crippen molar-refractivity contribution in [1.82, 2.24) is 10.6 Å². The molecule has 182 valence electrons. The molecule has 0 unspecified atom stereocenters. The zero-order valence-corrected chi connectivity index (χ0v) is 20.0. The number of nitrogens with one attached hydrogen (secondary N) is 2. The van der Waals surface area contributed by atoms with Gasteiger partial charge in [0.15, 0.2) is 0 Å². The Morgan fingerprint density at radius 3 is 2.29 bits per heavy atom. The zero-order valence-electron chi connectivity index (χ0n) is 20.0. The van der Waals surface area contributed by atoms with Gasteiger partial charge in [-0.2, -0.15) is 0 Å². The first-order valence-electron chi connectivity index (χ1n) is 10.5. The summed E-state index contributed by atoms with van der Waals surface area (Å²) in [6.45, 7) is 5.48. The van der Waals surface area contributed by atoms with Crippen LogP contribution < -0.4 is 15.4 Å². The van der Waals surface area contributed by atoms with Gasteiger partial charge in [0.25, 0.3) is 0 Å². The van der Waals surface area contributed by atoms with Gasteiger partial charge in [-0.05, 0) is 50.1 Å². The molecule has 34 heavy (non-hydrogen) atoms. The second-order valence-corrected chi connectivity index (χ2v) is 8.16. The summed E-state index contributed by atoms with van der Waals surface area (Å²) < 4.78 is 20.5. The first-order valence-corrected chi connectivity index (χ1v) is 10.5. The molecular formula is C25H30N2O7. The number of carbonyl (C=O) groups excluding carboxylic acids is 3. The molecule has 0 aliphatic carbocycles. The lowest BCUT2D eigenvalue weighted by molar-refractivity contribution is -0.136. The molecule has 2 N–H and O–H groups in total. The van der Waals surface area contributed by atoms with Crippen LogP contribution in [-0.4, -0.2) is 38.0 Å². The molecule has 0 saturated carbocycles. The number of alkyl carbamates (subject to hydrolysis) is 2. The van der Waals surface area contributed by atoms with Crippen molar-refractivity contribution in [1.29, 1.82) is 0 Å². The highest BCUT2D eigenvalue weighted by Crippen LogP contribution is 2.21. The van der Waals surface area contributed by atoms with E-state index in [4.69, 9.17) is 18.9 Å². The molecule has 0 aliphatic heterocycles. The molecule has 9 nitrogen and oxygen atoms in total.